The number of carbonyl (C=O) groups is 3. The van der Waals surface area contributed by atoms with Gasteiger partial charge >= 0.3 is 19.8 Å². The number of hydrogen-bond acceptors (Lipinski definition) is 11. The maximum Gasteiger partial charge on any atom is 0.472 e. The molecule has 0 heterocycles. The average molecular weight is 758 g/mol. The third-order valence-electron chi connectivity index (χ3n) is 8.88. The van der Waals surface area contributed by atoms with Crippen LogP contribution >= 0.6 is 7.82 Å². The molecule has 0 aromatic heterocycles. The summed E-state index contributed by atoms with van der Waals surface area (Å²) in [6.45, 7) is 3.24. The van der Waals surface area contributed by atoms with Crippen LogP contribution in [0.1, 0.15) is 136 Å². The number of rotatable bonds is 32. The Morgan fingerprint density at radius 1 is 0.865 bits per heavy atom. The van der Waals surface area contributed by atoms with Crippen molar-refractivity contribution in [2.75, 3.05) is 26.4 Å². The SMILES string of the molecule is CCCC/C=C\CCCCCCCC(=O)OC[C@H](COP(=O)(O)OCCN)OC(=O)CCC/C=C\C[C@H]1[C@@H](O)CC(=O)[C@@H]1/C=C/[C@@H](O)CCCCC. The van der Waals surface area contributed by atoms with Gasteiger partial charge < -0.3 is 30.3 Å². The first-order valence-electron chi connectivity index (χ1n) is 19.6. The maximum atomic E-state index is 12.6. The summed E-state index contributed by atoms with van der Waals surface area (Å²) in [6.07, 6.45) is 24.1. The van der Waals surface area contributed by atoms with E-state index in [9.17, 15) is 34.1 Å². The van der Waals surface area contributed by atoms with Crippen LogP contribution < -0.4 is 5.73 Å². The summed E-state index contributed by atoms with van der Waals surface area (Å²) in [4.78, 5) is 47.3. The van der Waals surface area contributed by atoms with Crippen molar-refractivity contribution in [3.8, 4) is 0 Å². The molecule has 1 aliphatic rings. The summed E-state index contributed by atoms with van der Waals surface area (Å²) < 4.78 is 32.6. The molecule has 0 bridgehead atoms. The number of ketones is 1. The van der Waals surface area contributed by atoms with Crippen molar-refractivity contribution in [1.82, 2.24) is 0 Å². The fourth-order valence-electron chi connectivity index (χ4n) is 5.83. The molecular weight excluding hydrogens is 689 g/mol. The Morgan fingerprint density at radius 3 is 2.25 bits per heavy atom. The second-order valence-corrected chi connectivity index (χ2v) is 15.0. The zero-order valence-electron chi connectivity index (χ0n) is 31.7. The van der Waals surface area contributed by atoms with E-state index in [-0.39, 0.29) is 50.7 Å². The number of phosphoric ester groups is 1. The second kappa shape index (κ2) is 30.2. The van der Waals surface area contributed by atoms with Crippen LogP contribution in [0.2, 0.25) is 0 Å². The molecule has 0 amide bonds. The minimum atomic E-state index is -4.45. The third-order valence-corrected chi connectivity index (χ3v) is 9.86. The predicted octanol–water partition coefficient (Wildman–Crippen LogP) is 7.19. The van der Waals surface area contributed by atoms with Crippen molar-refractivity contribution in [3.05, 3.63) is 36.5 Å². The van der Waals surface area contributed by atoms with Crippen LogP contribution in [-0.2, 0) is 37.5 Å². The summed E-state index contributed by atoms with van der Waals surface area (Å²) in [5.74, 6) is -1.80. The van der Waals surface area contributed by atoms with E-state index in [0.29, 0.717) is 32.1 Å². The van der Waals surface area contributed by atoms with E-state index in [1.54, 1.807) is 12.2 Å². The quantitative estimate of drug-likeness (QED) is 0.0234. The number of carbonyl (C=O) groups excluding carboxylic acids is 3. The van der Waals surface area contributed by atoms with E-state index in [1.165, 1.54) is 12.8 Å². The highest BCUT2D eigenvalue weighted by atomic mass is 31.2. The van der Waals surface area contributed by atoms with Crippen molar-refractivity contribution < 1.29 is 52.6 Å². The molecule has 5 N–H and O–H groups in total. The molecule has 1 saturated carbocycles. The number of phosphoric acid groups is 1. The lowest BCUT2D eigenvalue weighted by Gasteiger charge is -2.19. The molecule has 0 aromatic carbocycles. The predicted molar refractivity (Wildman–Crippen MR) is 202 cm³/mol. The van der Waals surface area contributed by atoms with E-state index in [1.807, 2.05) is 12.2 Å². The molecular formula is C39H68NO11P. The van der Waals surface area contributed by atoms with E-state index < -0.39 is 50.6 Å². The fraction of sp³-hybridized carbons (Fsp3) is 0.769. The Bertz CT molecular complexity index is 1110. The van der Waals surface area contributed by atoms with E-state index >= 15 is 0 Å². The zero-order valence-corrected chi connectivity index (χ0v) is 32.6. The number of unbranched alkanes of at least 4 members (excludes halogenated alkanes) is 10. The van der Waals surface area contributed by atoms with Crippen molar-refractivity contribution in [2.24, 2.45) is 17.6 Å². The van der Waals surface area contributed by atoms with Crippen LogP contribution in [0, 0.1) is 11.8 Å². The van der Waals surface area contributed by atoms with Gasteiger partial charge in [0.15, 0.2) is 6.10 Å². The van der Waals surface area contributed by atoms with Crippen molar-refractivity contribution >= 4 is 25.5 Å². The first kappa shape index (κ1) is 47.8. The van der Waals surface area contributed by atoms with Gasteiger partial charge in [-0.05, 0) is 51.4 Å². The highest BCUT2D eigenvalue weighted by Crippen LogP contribution is 2.43. The number of aliphatic hydroxyl groups is 2. The lowest BCUT2D eigenvalue weighted by Crippen LogP contribution is -2.29. The summed E-state index contributed by atoms with van der Waals surface area (Å²) in [5.41, 5.74) is 5.32. The van der Waals surface area contributed by atoms with E-state index in [4.69, 9.17) is 24.3 Å². The number of hydrogen-bond donors (Lipinski definition) is 4. The normalized spacial score (nSPS) is 20.2. The molecule has 1 rings (SSSR count). The molecule has 6 atom stereocenters. The zero-order chi connectivity index (χ0) is 38.5. The molecule has 1 fully saturated rings. The van der Waals surface area contributed by atoms with Gasteiger partial charge in [-0.25, -0.2) is 4.57 Å². The fourth-order valence-corrected chi connectivity index (χ4v) is 6.60. The summed E-state index contributed by atoms with van der Waals surface area (Å²) >= 11 is 0. The topological polar surface area (TPSA) is 192 Å². The van der Waals surface area contributed by atoms with Gasteiger partial charge in [-0.15, -0.1) is 0 Å². The van der Waals surface area contributed by atoms with Crippen LogP contribution in [0.25, 0.3) is 0 Å². The number of Topliss-reactive ketones (excluding diaryl/α,β-unsaturated/α-hetero) is 1. The van der Waals surface area contributed by atoms with Crippen molar-refractivity contribution in [2.45, 2.75) is 154 Å². The molecule has 0 aromatic rings. The Balaban J connectivity index is 2.50. The minimum Gasteiger partial charge on any atom is -0.462 e. The molecule has 0 spiro atoms. The van der Waals surface area contributed by atoms with Gasteiger partial charge in [0.1, 0.15) is 12.4 Å². The molecule has 1 unspecified atom stereocenters. The molecule has 52 heavy (non-hydrogen) atoms. The highest BCUT2D eigenvalue weighted by Gasteiger charge is 2.39. The molecule has 0 radical (unpaired) electrons. The highest BCUT2D eigenvalue weighted by molar-refractivity contribution is 7.47. The Hall–Kier alpha value is -2.18. The summed E-state index contributed by atoms with van der Waals surface area (Å²) in [7, 11) is -4.45. The van der Waals surface area contributed by atoms with Gasteiger partial charge in [-0.2, -0.15) is 0 Å². The van der Waals surface area contributed by atoms with Crippen LogP contribution in [0.5, 0.6) is 0 Å². The lowest BCUT2D eigenvalue weighted by atomic mass is 9.90. The third kappa shape index (κ3) is 24.2. The summed E-state index contributed by atoms with van der Waals surface area (Å²) in [6, 6.07) is 0. The Labute approximate surface area is 312 Å². The minimum absolute atomic E-state index is 0.00873. The Kier molecular flexibility index (Phi) is 27.8. The smallest absolute Gasteiger partial charge is 0.462 e. The largest absolute Gasteiger partial charge is 0.472 e. The number of allylic oxidation sites excluding steroid dienone is 5. The van der Waals surface area contributed by atoms with Crippen LogP contribution in [0.4, 0.5) is 0 Å². The van der Waals surface area contributed by atoms with Gasteiger partial charge in [-0.1, -0.05) is 102 Å². The van der Waals surface area contributed by atoms with Gasteiger partial charge in [0.2, 0.25) is 0 Å². The molecule has 300 valence electrons. The molecule has 0 saturated heterocycles. The van der Waals surface area contributed by atoms with Crippen molar-refractivity contribution in [3.63, 3.8) is 0 Å². The Morgan fingerprint density at radius 2 is 1.52 bits per heavy atom. The van der Waals surface area contributed by atoms with E-state index in [2.05, 4.69) is 26.0 Å². The molecule has 1 aliphatic carbocycles. The first-order valence-corrected chi connectivity index (χ1v) is 21.1. The van der Waals surface area contributed by atoms with Gasteiger partial charge in [0.05, 0.1) is 25.4 Å². The van der Waals surface area contributed by atoms with Crippen LogP contribution in [0.15, 0.2) is 36.5 Å². The average Bonchev–Trinajstić information content (AvgIpc) is 3.38. The van der Waals surface area contributed by atoms with Gasteiger partial charge in [0.25, 0.3) is 0 Å². The molecule has 12 nitrogen and oxygen atoms in total. The number of ether oxygens (including phenoxy) is 2. The van der Waals surface area contributed by atoms with Gasteiger partial charge in [-0.3, -0.25) is 23.4 Å². The van der Waals surface area contributed by atoms with Crippen molar-refractivity contribution in [1.29, 1.82) is 0 Å². The number of esters is 2. The number of aliphatic hydroxyl groups excluding tert-OH is 2. The molecule has 13 heteroatoms. The van der Waals surface area contributed by atoms with E-state index in [0.717, 1.165) is 57.8 Å². The first-order chi connectivity index (χ1) is 25.0. The lowest BCUT2D eigenvalue weighted by molar-refractivity contribution is -0.161. The van der Waals surface area contributed by atoms with Gasteiger partial charge in [0, 0.05) is 37.6 Å². The monoisotopic (exact) mass is 757 g/mol. The summed E-state index contributed by atoms with van der Waals surface area (Å²) in [5, 5.41) is 20.7. The second-order valence-electron chi connectivity index (χ2n) is 13.6. The molecule has 0 aliphatic heterocycles. The van der Waals surface area contributed by atoms with Crippen LogP contribution in [-0.4, -0.2) is 77.5 Å². The maximum absolute atomic E-state index is 12.6. The van der Waals surface area contributed by atoms with Crippen LogP contribution in [0.3, 0.4) is 0 Å². The number of nitrogens with two attached hydrogens (primary N) is 1. The standard InChI is InChI=1S/C39H68NO11P/c1-3-5-7-8-9-10-11-12-13-14-19-23-38(44)48-30-33(31-50-52(46,47)49-28-27-40)51-39(45)24-20-16-15-18-22-34-35(37(43)29-36(34)42)26-25-32(41)21-17-6-4-2/h8-9,15,18,25-26,32-36,41-42H,3-7,10-14,16-17,19-24,27-31,40H2,1-2H3,(H,46,47)/b9-8-,18-15-,26-25+/t32-,33+,34+,35+,36-/m0/s1.